The van der Waals surface area contributed by atoms with Gasteiger partial charge >= 0.3 is 5.97 Å². The van der Waals surface area contributed by atoms with E-state index < -0.39 is 59.8 Å². The minimum absolute atomic E-state index is 0.0755. The summed E-state index contributed by atoms with van der Waals surface area (Å²) in [5.41, 5.74) is 1.73. The zero-order chi connectivity index (χ0) is 28.6. The van der Waals surface area contributed by atoms with Crippen LogP contribution in [0.4, 0.5) is 10.3 Å². The highest BCUT2D eigenvalue weighted by Gasteiger charge is 2.23. The number of anilines is 1. The first-order valence-corrected chi connectivity index (χ1v) is 13.7. The molecule has 2 aromatic rings. The molecule has 210 valence electrons. The normalized spacial score (nSPS) is 14.5. The van der Waals surface area contributed by atoms with E-state index in [9.17, 15) is 32.9 Å². The van der Waals surface area contributed by atoms with E-state index in [1.54, 1.807) is 0 Å². The first-order valence-electron chi connectivity index (χ1n) is 11.8. The van der Waals surface area contributed by atoms with Gasteiger partial charge in [-0.25, -0.2) is 27.1 Å². The van der Waals surface area contributed by atoms with E-state index in [1.165, 1.54) is 43.5 Å². The Morgan fingerprint density at radius 1 is 1.13 bits per heavy atom. The summed E-state index contributed by atoms with van der Waals surface area (Å²) in [4.78, 5) is 20.6. The molecule has 1 unspecified atom stereocenters. The molecule has 11 nitrogen and oxygen atoms in total. The number of ether oxygens (including phenoxy) is 1. The molecule has 0 bridgehead atoms. The van der Waals surface area contributed by atoms with Gasteiger partial charge in [-0.15, -0.1) is 0 Å². The van der Waals surface area contributed by atoms with Crippen LogP contribution in [-0.2, 0) is 19.6 Å². The molecular weight excluding hydrogens is 521 g/mol. The minimum Gasteiger partial charge on any atom is -0.463 e. The molecule has 0 aliphatic carbocycles. The highest BCUT2D eigenvalue weighted by Crippen LogP contribution is 2.31. The third-order valence-electron chi connectivity index (χ3n) is 5.46. The summed E-state index contributed by atoms with van der Waals surface area (Å²) in [6, 6.07) is 5.46. The predicted molar refractivity (Wildman–Crippen MR) is 139 cm³/mol. The van der Waals surface area contributed by atoms with Crippen LogP contribution in [0.15, 0.2) is 30.3 Å². The van der Waals surface area contributed by atoms with Gasteiger partial charge in [0.25, 0.3) is 0 Å². The molecule has 0 aliphatic rings. The van der Waals surface area contributed by atoms with Gasteiger partial charge in [0.05, 0.1) is 42.9 Å². The number of rotatable bonds is 13. The Hall–Kier alpha value is -2.97. The molecule has 1 heterocycles. The average Bonchev–Trinajstić information content (AvgIpc) is 2.84. The lowest BCUT2D eigenvalue weighted by molar-refractivity contribution is -0.149. The number of nitrogens with zero attached hydrogens (tertiary/aromatic N) is 3. The van der Waals surface area contributed by atoms with Crippen molar-refractivity contribution < 1.29 is 42.8 Å². The molecule has 0 fully saturated rings. The van der Waals surface area contributed by atoms with Gasteiger partial charge in [-0.1, -0.05) is 26.0 Å². The number of aliphatic hydroxyl groups is 4. The van der Waals surface area contributed by atoms with Gasteiger partial charge in [0.1, 0.15) is 18.5 Å². The number of hydrogen-bond donors (Lipinski definition) is 4. The molecule has 2 rings (SSSR count). The maximum Gasteiger partial charge on any atom is 0.308 e. The molecule has 13 heteroatoms. The van der Waals surface area contributed by atoms with E-state index in [-0.39, 0.29) is 18.3 Å². The summed E-state index contributed by atoms with van der Waals surface area (Å²) in [7, 11) is -2.36. The number of esters is 1. The summed E-state index contributed by atoms with van der Waals surface area (Å²) in [6.45, 7) is 2.70. The lowest BCUT2D eigenvalue weighted by Crippen LogP contribution is -2.27. The van der Waals surface area contributed by atoms with E-state index >= 15 is 0 Å². The van der Waals surface area contributed by atoms with Crippen LogP contribution in [0.1, 0.15) is 43.9 Å². The number of hydrogen-bond acceptors (Lipinski definition) is 10. The van der Waals surface area contributed by atoms with Crippen molar-refractivity contribution in [2.75, 3.05) is 30.8 Å². The fourth-order valence-electron chi connectivity index (χ4n) is 3.34. The summed E-state index contributed by atoms with van der Waals surface area (Å²) < 4.78 is 43.6. The lowest BCUT2D eigenvalue weighted by atomic mass is 9.97. The van der Waals surface area contributed by atoms with Gasteiger partial charge in [0.15, 0.2) is 0 Å². The first-order chi connectivity index (χ1) is 17.7. The van der Waals surface area contributed by atoms with Crippen LogP contribution in [0.5, 0.6) is 0 Å². The SMILES string of the molecule is CC(C)c1nc(N(C)S(C)(=O)=O)nc(-c2ccc(F)cc2)c1/C=C/[C@@H](O)C[C@@H](O)CC(=O)OCC(O)CO. The standard InChI is InChI=1S/C25H34FN3O8S/c1-15(2)23-21(10-9-18(31)11-19(32)12-22(34)37-14-20(33)13-30)24(16-5-7-17(26)8-6-16)28-25(27-23)29(3)38(4,35)36/h5-10,15,18-20,30-33H,11-14H2,1-4H3/b10-9+/t18-,19-,20?/m1/s1. The van der Waals surface area contributed by atoms with Crippen molar-refractivity contribution >= 4 is 28.0 Å². The molecule has 4 N–H and O–H groups in total. The molecular formula is C25H34FN3O8S. The molecule has 0 amide bonds. The minimum atomic E-state index is -3.68. The van der Waals surface area contributed by atoms with Gasteiger partial charge in [0, 0.05) is 24.6 Å². The zero-order valence-corrected chi connectivity index (χ0v) is 22.5. The molecule has 0 saturated heterocycles. The second-order valence-electron chi connectivity index (χ2n) is 9.10. The Kier molecular flexibility index (Phi) is 11.3. The van der Waals surface area contributed by atoms with Crippen molar-refractivity contribution in [1.29, 1.82) is 0 Å². The Balaban J connectivity index is 2.38. The van der Waals surface area contributed by atoms with Crippen molar-refractivity contribution in [3.63, 3.8) is 0 Å². The number of aliphatic hydroxyl groups excluding tert-OH is 4. The van der Waals surface area contributed by atoms with Crippen LogP contribution in [0.2, 0.25) is 0 Å². The van der Waals surface area contributed by atoms with Crippen molar-refractivity contribution in [2.45, 2.75) is 50.9 Å². The second-order valence-corrected chi connectivity index (χ2v) is 11.1. The van der Waals surface area contributed by atoms with Gasteiger partial charge in [-0.05, 0) is 30.2 Å². The van der Waals surface area contributed by atoms with Crippen LogP contribution in [0, 0.1) is 5.82 Å². The Morgan fingerprint density at radius 2 is 1.76 bits per heavy atom. The largest absolute Gasteiger partial charge is 0.463 e. The van der Waals surface area contributed by atoms with Gasteiger partial charge < -0.3 is 25.2 Å². The first kappa shape index (κ1) is 31.2. The summed E-state index contributed by atoms with van der Waals surface area (Å²) >= 11 is 0. The molecule has 1 aromatic heterocycles. The fraction of sp³-hybridized carbons (Fsp3) is 0.480. The highest BCUT2D eigenvalue weighted by atomic mass is 32.2. The monoisotopic (exact) mass is 555 g/mol. The quantitative estimate of drug-likeness (QED) is 0.263. The highest BCUT2D eigenvalue weighted by molar-refractivity contribution is 7.92. The van der Waals surface area contributed by atoms with E-state index in [2.05, 4.69) is 9.97 Å². The molecule has 0 spiro atoms. The smallest absolute Gasteiger partial charge is 0.308 e. The third kappa shape index (κ3) is 9.10. The van der Waals surface area contributed by atoms with Crippen LogP contribution in [0.25, 0.3) is 17.3 Å². The Bertz CT molecular complexity index is 1220. The Labute approximate surface area is 221 Å². The number of carbonyl (C=O) groups excluding carboxylic acids is 1. The van der Waals surface area contributed by atoms with E-state index in [0.29, 0.717) is 22.5 Å². The fourth-order valence-corrected chi connectivity index (χ4v) is 3.72. The van der Waals surface area contributed by atoms with Crippen LogP contribution >= 0.6 is 0 Å². The average molecular weight is 556 g/mol. The number of halogens is 1. The molecule has 0 radical (unpaired) electrons. The number of carbonyl (C=O) groups is 1. The summed E-state index contributed by atoms with van der Waals surface area (Å²) in [6.07, 6.45) is -0.391. The van der Waals surface area contributed by atoms with E-state index in [1.807, 2.05) is 13.8 Å². The van der Waals surface area contributed by atoms with Gasteiger partial charge in [0.2, 0.25) is 16.0 Å². The van der Waals surface area contributed by atoms with Gasteiger partial charge in [-0.2, -0.15) is 0 Å². The van der Waals surface area contributed by atoms with Crippen molar-refractivity contribution in [1.82, 2.24) is 9.97 Å². The van der Waals surface area contributed by atoms with Crippen molar-refractivity contribution in [3.8, 4) is 11.3 Å². The van der Waals surface area contributed by atoms with Crippen molar-refractivity contribution in [3.05, 3.63) is 47.4 Å². The van der Waals surface area contributed by atoms with Gasteiger partial charge in [-0.3, -0.25) is 4.79 Å². The summed E-state index contributed by atoms with van der Waals surface area (Å²) in [5, 5.41) is 38.6. The van der Waals surface area contributed by atoms with Crippen LogP contribution in [0.3, 0.4) is 0 Å². The molecule has 38 heavy (non-hydrogen) atoms. The molecule has 0 aliphatic heterocycles. The maximum absolute atomic E-state index is 13.6. The third-order valence-corrected chi connectivity index (χ3v) is 6.61. The van der Waals surface area contributed by atoms with Crippen LogP contribution in [-0.4, -0.2) is 89.6 Å². The molecule has 3 atom stereocenters. The number of sulfonamides is 1. The second kappa shape index (κ2) is 13.7. The zero-order valence-electron chi connectivity index (χ0n) is 21.7. The number of benzene rings is 1. The Morgan fingerprint density at radius 3 is 2.32 bits per heavy atom. The van der Waals surface area contributed by atoms with E-state index in [0.717, 1.165) is 10.6 Å². The topological polar surface area (TPSA) is 170 Å². The van der Waals surface area contributed by atoms with Crippen LogP contribution < -0.4 is 4.31 Å². The predicted octanol–water partition coefficient (Wildman–Crippen LogP) is 1.21. The van der Waals surface area contributed by atoms with E-state index in [4.69, 9.17) is 9.84 Å². The number of aromatic nitrogens is 2. The summed E-state index contributed by atoms with van der Waals surface area (Å²) in [5.74, 6) is -1.55. The van der Waals surface area contributed by atoms with Crippen molar-refractivity contribution in [2.24, 2.45) is 0 Å². The lowest BCUT2D eigenvalue weighted by Gasteiger charge is -2.20. The molecule has 0 saturated carbocycles. The maximum atomic E-state index is 13.6. The molecule has 1 aromatic carbocycles.